The molecule has 0 aromatic carbocycles. The molecular weight excluding hydrogens is 252 g/mol. The number of rotatable bonds is 4. The van der Waals surface area contributed by atoms with Crippen LogP contribution >= 0.6 is 11.3 Å². The van der Waals surface area contributed by atoms with Gasteiger partial charge in [-0.3, -0.25) is 4.79 Å². The second-order valence-electron chi connectivity index (χ2n) is 4.62. The molecule has 1 aliphatic rings. The smallest absolute Gasteiger partial charge is 0.303 e. The van der Waals surface area contributed by atoms with Crippen LogP contribution in [0.2, 0.25) is 0 Å². The van der Waals surface area contributed by atoms with Gasteiger partial charge in [0.05, 0.1) is 6.42 Å². The monoisotopic (exact) mass is 266 g/mol. The van der Waals surface area contributed by atoms with Crippen molar-refractivity contribution in [3.63, 3.8) is 0 Å². The van der Waals surface area contributed by atoms with E-state index in [2.05, 4.69) is 15.3 Å². The lowest BCUT2D eigenvalue weighted by Gasteiger charge is -2.03. The fourth-order valence-electron chi connectivity index (χ4n) is 2.43. The molecule has 2 heterocycles. The number of carboxylic acid groups (broad SMARTS) is 1. The van der Waals surface area contributed by atoms with Crippen molar-refractivity contribution in [2.45, 2.75) is 44.4 Å². The SMILES string of the molecule is O=C(O)CCc1nn2c(C3CCCC3)nnc2s1. The van der Waals surface area contributed by atoms with E-state index in [9.17, 15) is 4.79 Å². The van der Waals surface area contributed by atoms with Crippen molar-refractivity contribution in [1.82, 2.24) is 19.8 Å². The molecule has 1 aliphatic carbocycles. The van der Waals surface area contributed by atoms with Crippen molar-refractivity contribution >= 4 is 22.3 Å². The van der Waals surface area contributed by atoms with Gasteiger partial charge in [-0.2, -0.15) is 9.61 Å². The predicted molar refractivity (Wildman–Crippen MR) is 65.8 cm³/mol. The van der Waals surface area contributed by atoms with Gasteiger partial charge in [-0.1, -0.05) is 24.2 Å². The number of fused-ring (bicyclic) bond motifs is 1. The van der Waals surface area contributed by atoms with E-state index in [-0.39, 0.29) is 6.42 Å². The Morgan fingerprint density at radius 1 is 1.39 bits per heavy atom. The van der Waals surface area contributed by atoms with Crippen molar-refractivity contribution in [1.29, 1.82) is 0 Å². The van der Waals surface area contributed by atoms with Gasteiger partial charge in [0.2, 0.25) is 4.96 Å². The molecule has 7 heteroatoms. The molecule has 0 spiro atoms. The average Bonchev–Trinajstić information content (AvgIpc) is 3.01. The van der Waals surface area contributed by atoms with Crippen molar-refractivity contribution < 1.29 is 9.90 Å². The second kappa shape index (κ2) is 4.64. The van der Waals surface area contributed by atoms with Crippen LogP contribution in [0.5, 0.6) is 0 Å². The molecule has 0 unspecified atom stereocenters. The number of carboxylic acids is 1. The molecule has 2 aromatic rings. The third-order valence-corrected chi connectivity index (χ3v) is 4.29. The van der Waals surface area contributed by atoms with Crippen LogP contribution in [0.3, 0.4) is 0 Å². The summed E-state index contributed by atoms with van der Waals surface area (Å²) in [6, 6.07) is 0. The molecule has 1 fully saturated rings. The molecule has 0 saturated heterocycles. The molecule has 1 saturated carbocycles. The lowest BCUT2D eigenvalue weighted by Crippen LogP contribution is -2.02. The molecule has 18 heavy (non-hydrogen) atoms. The van der Waals surface area contributed by atoms with E-state index < -0.39 is 5.97 Å². The Bertz CT molecular complexity index is 571. The largest absolute Gasteiger partial charge is 0.481 e. The molecule has 96 valence electrons. The highest BCUT2D eigenvalue weighted by atomic mass is 32.1. The minimum Gasteiger partial charge on any atom is -0.481 e. The Morgan fingerprint density at radius 3 is 2.89 bits per heavy atom. The van der Waals surface area contributed by atoms with Crippen LogP contribution in [-0.2, 0) is 11.2 Å². The standard InChI is InChI=1S/C11H14N4O2S/c16-9(17)6-5-8-14-15-10(7-3-1-2-4-7)12-13-11(15)18-8/h7H,1-6H2,(H,16,17). The summed E-state index contributed by atoms with van der Waals surface area (Å²) in [7, 11) is 0. The Balaban J connectivity index is 1.85. The van der Waals surface area contributed by atoms with Crippen LogP contribution in [0, 0.1) is 0 Å². The van der Waals surface area contributed by atoms with Crippen molar-refractivity contribution in [3.8, 4) is 0 Å². The van der Waals surface area contributed by atoms with Crippen LogP contribution in [-0.4, -0.2) is 30.9 Å². The average molecular weight is 266 g/mol. The molecular formula is C11H14N4O2S. The summed E-state index contributed by atoms with van der Waals surface area (Å²) in [6.45, 7) is 0. The number of hydrogen-bond acceptors (Lipinski definition) is 5. The van der Waals surface area contributed by atoms with Gasteiger partial charge in [0.15, 0.2) is 5.82 Å². The van der Waals surface area contributed by atoms with Crippen molar-refractivity contribution in [2.24, 2.45) is 0 Å². The zero-order chi connectivity index (χ0) is 12.5. The van der Waals surface area contributed by atoms with Gasteiger partial charge in [0, 0.05) is 12.3 Å². The topological polar surface area (TPSA) is 80.4 Å². The second-order valence-corrected chi connectivity index (χ2v) is 5.66. The van der Waals surface area contributed by atoms with Crippen LogP contribution in [0.25, 0.3) is 4.96 Å². The first-order valence-corrected chi connectivity index (χ1v) is 6.98. The van der Waals surface area contributed by atoms with Gasteiger partial charge in [0.1, 0.15) is 5.01 Å². The normalized spacial score (nSPS) is 16.7. The molecule has 1 N–H and O–H groups in total. The van der Waals surface area contributed by atoms with E-state index in [1.54, 1.807) is 4.52 Å². The third kappa shape index (κ3) is 2.10. The lowest BCUT2D eigenvalue weighted by atomic mass is 10.1. The highest BCUT2D eigenvalue weighted by Crippen LogP contribution is 2.33. The van der Waals surface area contributed by atoms with Gasteiger partial charge < -0.3 is 5.11 Å². The molecule has 0 atom stereocenters. The predicted octanol–water partition coefficient (Wildman–Crippen LogP) is 1.86. The molecule has 0 aliphatic heterocycles. The van der Waals surface area contributed by atoms with Gasteiger partial charge >= 0.3 is 5.97 Å². The lowest BCUT2D eigenvalue weighted by molar-refractivity contribution is -0.136. The van der Waals surface area contributed by atoms with Crippen LogP contribution in [0.1, 0.15) is 48.9 Å². The highest BCUT2D eigenvalue weighted by molar-refractivity contribution is 7.16. The Hall–Kier alpha value is -1.50. The minimum atomic E-state index is -0.794. The molecule has 3 rings (SSSR count). The zero-order valence-corrected chi connectivity index (χ0v) is 10.7. The number of aryl methyl sites for hydroxylation is 1. The van der Waals surface area contributed by atoms with Crippen molar-refractivity contribution in [3.05, 3.63) is 10.8 Å². The molecule has 0 bridgehead atoms. The first-order valence-electron chi connectivity index (χ1n) is 6.17. The molecule has 0 radical (unpaired) electrons. The van der Waals surface area contributed by atoms with Crippen LogP contribution in [0.4, 0.5) is 0 Å². The van der Waals surface area contributed by atoms with Gasteiger partial charge in [-0.05, 0) is 12.8 Å². The maximum Gasteiger partial charge on any atom is 0.303 e. The maximum atomic E-state index is 10.5. The summed E-state index contributed by atoms with van der Waals surface area (Å²) in [4.78, 5) is 11.3. The summed E-state index contributed by atoms with van der Waals surface area (Å²) in [6.07, 6.45) is 5.38. The van der Waals surface area contributed by atoms with E-state index in [4.69, 9.17) is 5.11 Å². The van der Waals surface area contributed by atoms with Gasteiger partial charge in [-0.15, -0.1) is 10.2 Å². The van der Waals surface area contributed by atoms with Crippen molar-refractivity contribution in [2.75, 3.05) is 0 Å². The van der Waals surface area contributed by atoms with Gasteiger partial charge in [-0.25, -0.2) is 0 Å². The minimum absolute atomic E-state index is 0.114. The first kappa shape index (κ1) is 11.6. The third-order valence-electron chi connectivity index (χ3n) is 3.33. The van der Waals surface area contributed by atoms with Gasteiger partial charge in [0.25, 0.3) is 0 Å². The van der Waals surface area contributed by atoms with E-state index in [0.29, 0.717) is 12.3 Å². The Morgan fingerprint density at radius 2 is 2.17 bits per heavy atom. The number of carbonyl (C=O) groups is 1. The van der Waals surface area contributed by atoms with Crippen LogP contribution in [0.15, 0.2) is 0 Å². The van der Waals surface area contributed by atoms with E-state index in [1.807, 2.05) is 0 Å². The number of nitrogens with zero attached hydrogens (tertiary/aromatic N) is 4. The van der Waals surface area contributed by atoms with E-state index in [1.165, 1.54) is 24.2 Å². The van der Waals surface area contributed by atoms with E-state index in [0.717, 1.165) is 28.6 Å². The summed E-state index contributed by atoms with van der Waals surface area (Å²) in [5, 5.41) is 22.3. The Kier molecular flexibility index (Phi) is 2.99. The number of aromatic nitrogens is 4. The summed E-state index contributed by atoms with van der Waals surface area (Å²) in [5.74, 6) is 0.617. The maximum absolute atomic E-state index is 10.5. The molecule has 6 nitrogen and oxygen atoms in total. The summed E-state index contributed by atoms with van der Waals surface area (Å²) in [5.41, 5.74) is 0. The summed E-state index contributed by atoms with van der Waals surface area (Å²) >= 11 is 1.43. The number of aliphatic carboxylic acids is 1. The van der Waals surface area contributed by atoms with E-state index >= 15 is 0 Å². The fourth-order valence-corrected chi connectivity index (χ4v) is 3.26. The summed E-state index contributed by atoms with van der Waals surface area (Å²) < 4.78 is 1.80. The first-order chi connectivity index (χ1) is 8.74. The fraction of sp³-hybridized carbons (Fsp3) is 0.636. The van der Waals surface area contributed by atoms with Crippen LogP contribution < -0.4 is 0 Å². The number of hydrogen-bond donors (Lipinski definition) is 1. The zero-order valence-electron chi connectivity index (χ0n) is 9.87. The molecule has 0 amide bonds. The quantitative estimate of drug-likeness (QED) is 0.913. The Labute approximate surface area is 108 Å². The highest BCUT2D eigenvalue weighted by Gasteiger charge is 2.24. The molecule has 2 aromatic heterocycles.